The molecule has 4 amide bonds. The van der Waals surface area contributed by atoms with Crippen molar-refractivity contribution in [2.24, 2.45) is 0 Å². The van der Waals surface area contributed by atoms with Crippen molar-refractivity contribution in [3.63, 3.8) is 0 Å². The van der Waals surface area contributed by atoms with Gasteiger partial charge >= 0.3 is 0 Å². The highest BCUT2D eigenvalue weighted by molar-refractivity contribution is 8.03. The van der Waals surface area contributed by atoms with Gasteiger partial charge in [-0.25, -0.2) is 0 Å². The molecular weight excluding hydrogens is 672 g/mol. The number of rotatable bonds is 8. The number of nitrogens with one attached hydrogen (secondary N) is 6. The van der Waals surface area contributed by atoms with Crippen LogP contribution in [0.3, 0.4) is 0 Å². The number of aromatic nitrogens is 2. The first kappa shape index (κ1) is 32.5. The van der Waals surface area contributed by atoms with Crippen LogP contribution < -0.4 is 32.3 Å². The molecule has 1 aromatic heterocycles. The smallest absolute Gasteiger partial charge is 0.258 e. The van der Waals surface area contributed by atoms with E-state index in [9.17, 15) is 19.2 Å². The average molecular weight is 690 g/mol. The summed E-state index contributed by atoms with van der Waals surface area (Å²) in [5.74, 6) is -1.95. The predicted molar refractivity (Wildman–Crippen MR) is 167 cm³/mol. The summed E-state index contributed by atoms with van der Waals surface area (Å²) >= 11 is 25.4. The second-order valence-electron chi connectivity index (χ2n) is 7.28. The molecule has 6 N–H and O–H groups in total. The molecule has 0 fully saturated rings. The molecule has 0 spiro atoms. The Morgan fingerprint density at radius 1 is 0.683 bits per heavy atom. The van der Waals surface area contributed by atoms with E-state index in [0.29, 0.717) is 8.68 Å². The lowest BCUT2D eigenvalue weighted by Gasteiger charge is -2.11. The van der Waals surface area contributed by atoms with E-state index < -0.39 is 23.6 Å². The molecule has 1 heterocycles. The first-order valence-corrected chi connectivity index (χ1v) is 15.4. The van der Waals surface area contributed by atoms with Crippen LogP contribution in [-0.2, 0) is 9.59 Å². The average Bonchev–Trinajstić information content (AvgIpc) is 3.41. The van der Waals surface area contributed by atoms with E-state index in [4.69, 9.17) is 47.6 Å². The van der Waals surface area contributed by atoms with Gasteiger partial charge in [0.25, 0.3) is 11.8 Å². The van der Waals surface area contributed by atoms with Crippen molar-refractivity contribution in [1.29, 1.82) is 0 Å². The number of thioether (sulfide) groups is 2. The first-order valence-electron chi connectivity index (χ1n) is 11.0. The van der Waals surface area contributed by atoms with Crippen LogP contribution in [0.25, 0.3) is 0 Å². The SMILES string of the molecule is O=C(CSc1nnc(SCC(=O)NNC(=S)NC(=O)c2ccccc2Cl)s1)NNC(=S)NC(=O)c1ccccc1Cl. The largest absolute Gasteiger partial charge is 0.298 e. The molecule has 19 heteroatoms. The number of amides is 4. The fourth-order valence-corrected chi connectivity index (χ4v) is 5.94. The van der Waals surface area contributed by atoms with E-state index >= 15 is 0 Å². The van der Waals surface area contributed by atoms with Crippen molar-refractivity contribution < 1.29 is 19.2 Å². The summed E-state index contributed by atoms with van der Waals surface area (Å²) in [7, 11) is 0. The predicted octanol–water partition coefficient (Wildman–Crippen LogP) is 2.70. The lowest BCUT2D eigenvalue weighted by molar-refractivity contribution is -0.119. The van der Waals surface area contributed by atoms with E-state index in [1.165, 1.54) is 23.5 Å². The van der Waals surface area contributed by atoms with Crippen LogP contribution in [0.5, 0.6) is 0 Å². The molecule has 0 atom stereocenters. The first-order chi connectivity index (χ1) is 19.6. The third-order valence-electron chi connectivity index (χ3n) is 4.36. The minimum absolute atomic E-state index is 0.0187. The number of halogens is 2. The summed E-state index contributed by atoms with van der Waals surface area (Å²) in [6.45, 7) is 0. The maximum atomic E-state index is 12.2. The molecule has 0 saturated carbocycles. The number of carbonyl (C=O) groups is 4. The Hall–Kier alpha value is -3.06. The lowest BCUT2D eigenvalue weighted by Crippen LogP contribution is -2.49. The molecule has 0 radical (unpaired) electrons. The minimum Gasteiger partial charge on any atom is -0.298 e. The Balaban J connectivity index is 1.31. The second kappa shape index (κ2) is 16.4. The third kappa shape index (κ3) is 11.0. The van der Waals surface area contributed by atoms with Crippen LogP contribution in [0.4, 0.5) is 0 Å². The standard InChI is InChI=1S/C22H18Cl2N8O4S5/c23-13-7-3-1-5-11(13)17(35)25-19(37)29-27-15(33)9-39-21-31-32-22(41-21)40-10-16(34)28-30-20(38)26-18(36)12-6-2-4-8-14(12)24/h1-8H,9-10H2,(H,27,33)(H,28,34)(H2,25,29,35,37)(H2,26,30,36,38). The van der Waals surface area contributed by atoms with Crippen LogP contribution in [-0.4, -0.2) is 55.6 Å². The van der Waals surface area contributed by atoms with Gasteiger partial charge in [0.2, 0.25) is 11.8 Å². The topological polar surface area (TPSA) is 166 Å². The number of hydrogen-bond acceptors (Lipinski definition) is 11. The fourth-order valence-electron chi connectivity index (χ4n) is 2.59. The number of thiocarbonyl (C=S) groups is 2. The number of nitrogens with zero attached hydrogens (tertiary/aromatic N) is 2. The molecule has 0 aliphatic carbocycles. The summed E-state index contributed by atoms with van der Waals surface area (Å²) in [4.78, 5) is 48.6. The van der Waals surface area contributed by atoms with Gasteiger partial charge in [0.1, 0.15) is 0 Å². The molecule has 3 aromatic rings. The summed E-state index contributed by atoms with van der Waals surface area (Å²) < 4.78 is 0.999. The molecule has 0 saturated heterocycles. The highest BCUT2D eigenvalue weighted by Gasteiger charge is 2.14. The minimum atomic E-state index is -0.525. The molecule has 214 valence electrons. The van der Waals surface area contributed by atoms with Gasteiger partial charge < -0.3 is 0 Å². The molecule has 12 nitrogen and oxygen atoms in total. The highest BCUT2D eigenvalue weighted by atomic mass is 35.5. The summed E-state index contributed by atoms with van der Waals surface area (Å²) in [5.41, 5.74) is 10.1. The van der Waals surface area contributed by atoms with Gasteiger partial charge in [-0.2, -0.15) is 0 Å². The van der Waals surface area contributed by atoms with E-state index in [1.54, 1.807) is 36.4 Å². The van der Waals surface area contributed by atoms with Gasteiger partial charge in [-0.15, -0.1) is 10.2 Å². The fraction of sp³-hybridized carbons (Fsp3) is 0.0909. The Labute approximate surface area is 266 Å². The van der Waals surface area contributed by atoms with Crippen LogP contribution in [0.15, 0.2) is 57.2 Å². The zero-order valence-electron chi connectivity index (χ0n) is 20.4. The number of benzene rings is 2. The Morgan fingerprint density at radius 2 is 1.07 bits per heavy atom. The summed E-state index contributed by atoms with van der Waals surface area (Å²) in [5, 5.41) is 13.1. The van der Waals surface area contributed by atoms with E-state index in [0.717, 1.165) is 23.5 Å². The van der Waals surface area contributed by atoms with E-state index in [2.05, 4.69) is 42.5 Å². The zero-order chi connectivity index (χ0) is 29.8. The van der Waals surface area contributed by atoms with E-state index in [1.807, 2.05) is 0 Å². The van der Waals surface area contributed by atoms with Crippen molar-refractivity contribution in [2.75, 3.05) is 11.5 Å². The maximum Gasteiger partial charge on any atom is 0.258 e. The number of hydrogen-bond donors (Lipinski definition) is 6. The van der Waals surface area contributed by atoms with Gasteiger partial charge in [-0.1, -0.05) is 82.3 Å². The molecule has 0 unspecified atom stereocenters. The van der Waals surface area contributed by atoms with Crippen molar-refractivity contribution >= 4 is 116 Å². The normalized spacial score (nSPS) is 10.2. The van der Waals surface area contributed by atoms with Crippen LogP contribution >= 0.6 is 82.5 Å². The van der Waals surface area contributed by atoms with Crippen molar-refractivity contribution in [3.8, 4) is 0 Å². The Kier molecular flexibility index (Phi) is 13.0. The maximum absolute atomic E-state index is 12.2. The summed E-state index contributed by atoms with van der Waals surface area (Å²) in [6, 6.07) is 12.9. The van der Waals surface area contributed by atoms with Gasteiger partial charge in [0.15, 0.2) is 18.9 Å². The molecule has 0 aliphatic rings. The van der Waals surface area contributed by atoms with E-state index in [-0.39, 0.29) is 42.9 Å². The monoisotopic (exact) mass is 688 g/mol. The van der Waals surface area contributed by atoms with Gasteiger partial charge in [-0.3, -0.25) is 51.5 Å². The van der Waals surface area contributed by atoms with Gasteiger partial charge in [0, 0.05) is 0 Å². The Bertz CT molecular complexity index is 1370. The molecule has 2 aromatic carbocycles. The highest BCUT2D eigenvalue weighted by Crippen LogP contribution is 2.28. The summed E-state index contributed by atoms with van der Waals surface area (Å²) in [6.07, 6.45) is 0. The molecule has 0 bridgehead atoms. The second-order valence-corrected chi connectivity index (χ2v) is 12.3. The van der Waals surface area contributed by atoms with Crippen LogP contribution in [0.2, 0.25) is 10.0 Å². The molecular formula is C22H18Cl2N8O4S5. The van der Waals surface area contributed by atoms with Crippen LogP contribution in [0.1, 0.15) is 20.7 Å². The van der Waals surface area contributed by atoms with Crippen molar-refractivity contribution in [2.45, 2.75) is 8.68 Å². The van der Waals surface area contributed by atoms with Gasteiger partial charge in [-0.05, 0) is 48.7 Å². The quantitative estimate of drug-likeness (QED) is 0.117. The molecule has 0 aliphatic heterocycles. The molecule has 3 rings (SSSR count). The van der Waals surface area contributed by atoms with Crippen molar-refractivity contribution in [1.82, 2.24) is 42.5 Å². The lowest BCUT2D eigenvalue weighted by atomic mass is 10.2. The molecule has 41 heavy (non-hydrogen) atoms. The van der Waals surface area contributed by atoms with Crippen LogP contribution in [0, 0.1) is 0 Å². The number of carbonyl (C=O) groups excluding carboxylic acids is 4. The van der Waals surface area contributed by atoms with Crippen molar-refractivity contribution in [3.05, 3.63) is 69.7 Å². The zero-order valence-corrected chi connectivity index (χ0v) is 26.0. The number of hydrazine groups is 2. The van der Waals surface area contributed by atoms with Gasteiger partial charge in [0.05, 0.1) is 32.7 Å². The third-order valence-corrected chi connectivity index (χ3v) is 8.62. The Morgan fingerprint density at radius 3 is 1.46 bits per heavy atom.